The predicted molar refractivity (Wildman–Crippen MR) is 143 cm³/mol. The standard InChI is InChI=1S/C27H26N6O3S/c34-25-18(4-7-21-3-1-2-13-35-21)15-19-16-30-26(32-24(19)33(25)27-29-12-14-37-27)31-20-5-8-22(9-6-20)36-23-10-11-28-17-23/h5-6,8-9,12,14-16,21,23,28H,1-3,10-11,13,17H2,(H,30,31,32). The maximum absolute atomic E-state index is 13.5. The molecule has 6 rings (SSSR count). The van der Waals surface area contributed by atoms with E-state index in [4.69, 9.17) is 9.47 Å². The highest BCUT2D eigenvalue weighted by Gasteiger charge is 2.17. The Morgan fingerprint density at radius 2 is 2.11 bits per heavy atom. The minimum Gasteiger partial charge on any atom is -0.489 e. The van der Waals surface area contributed by atoms with Crippen molar-refractivity contribution in [3.05, 3.63) is 64.0 Å². The van der Waals surface area contributed by atoms with Crippen LogP contribution in [0.1, 0.15) is 31.2 Å². The predicted octanol–water partition coefficient (Wildman–Crippen LogP) is 3.64. The van der Waals surface area contributed by atoms with Crippen LogP contribution in [-0.4, -0.2) is 51.4 Å². The fourth-order valence-electron chi connectivity index (χ4n) is 4.43. The molecular weight excluding hydrogens is 488 g/mol. The number of nitrogens with one attached hydrogen (secondary N) is 2. The molecule has 0 bridgehead atoms. The summed E-state index contributed by atoms with van der Waals surface area (Å²) >= 11 is 1.36. The van der Waals surface area contributed by atoms with Crippen LogP contribution < -0.4 is 20.9 Å². The van der Waals surface area contributed by atoms with Crippen LogP contribution in [-0.2, 0) is 4.74 Å². The molecule has 0 radical (unpaired) electrons. The Kier molecular flexibility index (Phi) is 6.82. The van der Waals surface area contributed by atoms with E-state index < -0.39 is 0 Å². The molecule has 5 heterocycles. The van der Waals surface area contributed by atoms with E-state index in [0.29, 0.717) is 34.3 Å². The van der Waals surface area contributed by atoms with Gasteiger partial charge in [-0.1, -0.05) is 11.8 Å². The van der Waals surface area contributed by atoms with Crippen LogP contribution in [0.3, 0.4) is 0 Å². The van der Waals surface area contributed by atoms with Crippen LogP contribution in [0.2, 0.25) is 0 Å². The summed E-state index contributed by atoms with van der Waals surface area (Å²) in [5.41, 5.74) is 1.38. The topological polar surface area (TPSA) is 103 Å². The van der Waals surface area contributed by atoms with Crippen molar-refractivity contribution < 1.29 is 9.47 Å². The number of anilines is 2. The Balaban J connectivity index is 1.31. The molecule has 1 aromatic carbocycles. The highest BCUT2D eigenvalue weighted by atomic mass is 32.1. The van der Waals surface area contributed by atoms with E-state index in [1.165, 1.54) is 15.9 Å². The van der Waals surface area contributed by atoms with E-state index in [1.807, 2.05) is 29.6 Å². The lowest BCUT2D eigenvalue weighted by Crippen LogP contribution is -2.23. The molecule has 0 saturated carbocycles. The molecule has 0 amide bonds. The fourth-order valence-corrected chi connectivity index (χ4v) is 5.07. The van der Waals surface area contributed by atoms with Crippen molar-refractivity contribution in [2.75, 3.05) is 25.0 Å². The van der Waals surface area contributed by atoms with Gasteiger partial charge in [0.2, 0.25) is 5.95 Å². The smallest absolute Gasteiger partial charge is 0.274 e. The molecule has 0 spiro atoms. The number of ether oxygens (including phenoxy) is 2. The lowest BCUT2D eigenvalue weighted by Gasteiger charge is -2.17. The number of aromatic nitrogens is 4. The first-order valence-electron chi connectivity index (χ1n) is 12.4. The second kappa shape index (κ2) is 10.7. The van der Waals surface area contributed by atoms with Gasteiger partial charge in [-0.25, -0.2) is 14.5 Å². The van der Waals surface area contributed by atoms with Crippen molar-refractivity contribution in [2.45, 2.75) is 37.9 Å². The first-order chi connectivity index (χ1) is 18.2. The molecule has 2 aliphatic rings. The SMILES string of the molecule is O=c1c(C#CC2CCCCO2)cc2cnc(Nc3ccc(OC4CCNC4)cc3)nc2n1-c1nccs1. The second-order valence-electron chi connectivity index (χ2n) is 8.99. The van der Waals surface area contributed by atoms with Crippen molar-refractivity contribution in [3.8, 4) is 22.7 Å². The summed E-state index contributed by atoms with van der Waals surface area (Å²) in [5, 5.41) is 9.58. The van der Waals surface area contributed by atoms with Gasteiger partial charge in [0, 0.05) is 42.0 Å². The maximum atomic E-state index is 13.5. The third-order valence-electron chi connectivity index (χ3n) is 6.33. The van der Waals surface area contributed by atoms with Crippen molar-refractivity contribution >= 4 is 34.0 Å². The molecule has 10 heteroatoms. The molecule has 3 aromatic heterocycles. The Bertz CT molecular complexity index is 1500. The molecule has 2 fully saturated rings. The minimum atomic E-state index is -0.265. The summed E-state index contributed by atoms with van der Waals surface area (Å²) in [5.74, 6) is 7.36. The van der Waals surface area contributed by atoms with Crippen molar-refractivity contribution in [1.82, 2.24) is 24.8 Å². The van der Waals surface area contributed by atoms with Gasteiger partial charge in [0.1, 0.15) is 18.0 Å². The highest BCUT2D eigenvalue weighted by molar-refractivity contribution is 7.12. The maximum Gasteiger partial charge on any atom is 0.274 e. The number of nitrogens with zero attached hydrogens (tertiary/aromatic N) is 4. The molecule has 2 N–H and O–H groups in total. The molecule has 2 aliphatic heterocycles. The van der Waals surface area contributed by atoms with Gasteiger partial charge in [-0.3, -0.25) is 4.79 Å². The van der Waals surface area contributed by atoms with E-state index in [2.05, 4.69) is 37.4 Å². The quantitative estimate of drug-likeness (QED) is 0.389. The monoisotopic (exact) mass is 514 g/mol. The number of hydrogen-bond donors (Lipinski definition) is 2. The number of fused-ring (bicyclic) bond motifs is 1. The van der Waals surface area contributed by atoms with Crippen LogP contribution in [0.15, 0.2) is 52.9 Å². The summed E-state index contributed by atoms with van der Waals surface area (Å²) in [6.45, 7) is 2.56. The number of hydrogen-bond acceptors (Lipinski definition) is 9. The molecule has 37 heavy (non-hydrogen) atoms. The molecule has 2 atom stereocenters. The lowest BCUT2D eigenvalue weighted by atomic mass is 10.1. The molecular formula is C27H26N6O3S. The van der Waals surface area contributed by atoms with E-state index in [0.717, 1.165) is 50.2 Å². The van der Waals surface area contributed by atoms with Gasteiger partial charge in [0.15, 0.2) is 10.8 Å². The van der Waals surface area contributed by atoms with Gasteiger partial charge in [-0.05, 0) is 62.6 Å². The Labute approximate surface area is 217 Å². The van der Waals surface area contributed by atoms with Crippen molar-refractivity contribution in [3.63, 3.8) is 0 Å². The van der Waals surface area contributed by atoms with Gasteiger partial charge in [0.05, 0.1) is 5.56 Å². The minimum absolute atomic E-state index is 0.147. The summed E-state index contributed by atoms with van der Waals surface area (Å²) in [4.78, 5) is 27.0. The lowest BCUT2D eigenvalue weighted by molar-refractivity contribution is 0.0526. The fraction of sp³-hybridized carbons (Fsp3) is 0.333. The summed E-state index contributed by atoms with van der Waals surface area (Å²) in [7, 11) is 0. The Morgan fingerprint density at radius 1 is 1.19 bits per heavy atom. The number of pyridine rings is 1. The molecule has 188 valence electrons. The zero-order valence-corrected chi connectivity index (χ0v) is 21.0. The first-order valence-corrected chi connectivity index (χ1v) is 13.3. The van der Waals surface area contributed by atoms with E-state index in [1.54, 1.807) is 18.5 Å². The van der Waals surface area contributed by atoms with Crippen molar-refractivity contribution in [2.24, 2.45) is 0 Å². The zero-order chi connectivity index (χ0) is 25.0. The first kappa shape index (κ1) is 23.6. The van der Waals surface area contributed by atoms with Gasteiger partial charge >= 0.3 is 0 Å². The third-order valence-corrected chi connectivity index (χ3v) is 7.08. The highest BCUT2D eigenvalue weighted by Crippen LogP contribution is 2.23. The molecule has 0 aliphatic carbocycles. The molecule has 2 unspecified atom stereocenters. The number of rotatable bonds is 5. The Hall–Kier alpha value is -3.78. The van der Waals surface area contributed by atoms with E-state index in [9.17, 15) is 4.79 Å². The molecule has 9 nitrogen and oxygen atoms in total. The van der Waals surface area contributed by atoms with E-state index in [-0.39, 0.29) is 17.8 Å². The normalized spacial score (nSPS) is 19.4. The average Bonchev–Trinajstić information content (AvgIpc) is 3.64. The van der Waals surface area contributed by atoms with E-state index >= 15 is 0 Å². The summed E-state index contributed by atoms with van der Waals surface area (Å²) in [6, 6.07) is 9.43. The van der Waals surface area contributed by atoms with Crippen LogP contribution >= 0.6 is 11.3 Å². The van der Waals surface area contributed by atoms with Gasteiger partial charge < -0.3 is 20.1 Å². The van der Waals surface area contributed by atoms with Crippen molar-refractivity contribution in [1.29, 1.82) is 0 Å². The van der Waals surface area contributed by atoms with Gasteiger partial charge in [0.25, 0.3) is 5.56 Å². The van der Waals surface area contributed by atoms with Crippen LogP contribution in [0.5, 0.6) is 5.75 Å². The van der Waals surface area contributed by atoms with Crippen LogP contribution in [0, 0.1) is 11.8 Å². The molecule has 2 saturated heterocycles. The number of thiazole rings is 1. The van der Waals surface area contributed by atoms with Crippen LogP contribution in [0.4, 0.5) is 11.6 Å². The van der Waals surface area contributed by atoms with Crippen LogP contribution in [0.25, 0.3) is 16.2 Å². The zero-order valence-electron chi connectivity index (χ0n) is 20.1. The largest absolute Gasteiger partial charge is 0.489 e. The Morgan fingerprint density at radius 3 is 2.86 bits per heavy atom. The third kappa shape index (κ3) is 5.34. The summed E-state index contributed by atoms with van der Waals surface area (Å²) in [6.07, 6.45) is 7.44. The van der Waals surface area contributed by atoms with Gasteiger partial charge in [-0.15, -0.1) is 11.3 Å². The average molecular weight is 515 g/mol. The van der Waals surface area contributed by atoms with Gasteiger partial charge in [-0.2, -0.15) is 4.98 Å². The second-order valence-corrected chi connectivity index (χ2v) is 9.87. The summed E-state index contributed by atoms with van der Waals surface area (Å²) < 4.78 is 13.2. The number of benzene rings is 1. The molecule has 4 aromatic rings.